The molecule has 0 amide bonds. The molecule has 0 aromatic heterocycles. The third-order valence-corrected chi connectivity index (χ3v) is 3.17. The van der Waals surface area contributed by atoms with Crippen molar-refractivity contribution in [3.63, 3.8) is 0 Å². The smallest absolute Gasteiger partial charge is 0.0585 e. The molecule has 1 rings (SSSR count). The third-order valence-electron chi connectivity index (χ3n) is 2.70. The molecule has 1 heteroatoms. The fraction of sp³-hybridized carbons (Fsp3) is 0.571. The molecular formula is C14H21Cl. The van der Waals surface area contributed by atoms with Crippen LogP contribution in [0.5, 0.6) is 0 Å². The van der Waals surface area contributed by atoms with Crippen LogP contribution in [0.4, 0.5) is 0 Å². The van der Waals surface area contributed by atoms with Crippen molar-refractivity contribution in [3.8, 4) is 0 Å². The zero-order valence-electron chi connectivity index (χ0n) is 9.80. The van der Waals surface area contributed by atoms with Crippen LogP contribution in [0.3, 0.4) is 0 Å². The lowest BCUT2D eigenvalue weighted by atomic mass is 10.0. The Balaban J connectivity index is 2.55. The van der Waals surface area contributed by atoms with E-state index in [-0.39, 0.29) is 5.38 Å². The van der Waals surface area contributed by atoms with Crippen LogP contribution in [-0.2, 0) is 6.42 Å². The van der Waals surface area contributed by atoms with Crippen molar-refractivity contribution < 1.29 is 0 Å². The summed E-state index contributed by atoms with van der Waals surface area (Å²) >= 11 is 6.26. The number of rotatable bonds is 6. The van der Waals surface area contributed by atoms with E-state index in [1.54, 1.807) is 0 Å². The van der Waals surface area contributed by atoms with Gasteiger partial charge in [-0.25, -0.2) is 0 Å². The van der Waals surface area contributed by atoms with Crippen molar-refractivity contribution in [1.29, 1.82) is 0 Å². The topological polar surface area (TPSA) is 0 Å². The largest absolute Gasteiger partial charge is 0.118 e. The summed E-state index contributed by atoms with van der Waals surface area (Å²) in [5, 5.41) is 0.190. The molecule has 0 saturated carbocycles. The quantitative estimate of drug-likeness (QED) is 0.589. The van der Waals surface area contributed by atoms with Crippen molar-refractivity contribution >= 4 is 11.6 Å². The summed E-state index contributed by atoms with van der Waals surface area (Å²) in [7, 11) is 0. The van der Waals surface area contributed by atoms with Crippen molar-refractivity contribution in [2.24, 2.45) is 0 Å². The minimum atomic E-state index is 0.190. The first-order chi connectivity index (χ1) is 7.27. The molecule has 0 saturated heterocycles. The molecule has 0 aliphatic rings. The standard InChI is InChI=1S/C14H21Cl/c1-3-5-7-12-8-10-13(11-9-12)14(15)6-4-2/h8-11,14H,3-7H2,1-2H3. The number of benzene rings is 1. The van der Waals surface area contributed by atoms with E-state index in [2.05, 4.69) is 38.1 Å². The van der Waals surface area contributed by atoms with Gasteiger partial charge in [0.15, 0.2) is 0 Å². The lowest BCUT2D eigenvalue weighted by molar-refractivity contribution is 0.767. The molecule has 0 heterocycles. The number of hydrogen-bond donors (Lipinski definition) is 0. The van der Waals surface area contributed by atoms with Gasteiger partial charge in [-0.15, -0.1) is 11.6 Å². The van der Waals surface area contributed by atoms with Gasteiger partial charge < -0.3 is 0 Å². The minimum Gasteiger partial charge on any atom is -0.118 e. The molecule has 0 fully saturated rings. The Morgan fingerprint density at radius 1 is 1.07 bits per heavy atom. The molecule has 0 aliphatic heterocycles. The van der Waals surface area contributed by atoms with Crippen molar-refractivity contribution in [1.82, 2.24) is 0 Å². The molecule has 15 heavy (non-hydrogen) atoms. The van der Waals surface area contributed by atoms with Gasteiger partial charge >= 0.3 is 0 Å². The first kappa shape index (κ1) is 12.6. The molecule has 0 aliphatic carbocycles. The highest BCUT2D eigenvalue weighted by atomic mass is 35.5. The second-order valence-corrected chi connectivity index (χ2v) is 4.63. The molecule has 1 aromatic carbocycles. The minimum absolute atomic E-state index is 0.190. The Hall–Kier alpha value is -0.490. The summed E-state index contributed by atoms with van der Waals surface area (Å²) in [6.45, 7) is 4.40. The second kappa shape index (κ2) is 6.90. The van der Waals surface area contributed by atoms with E-state index in [1.165, 1.54) is 30.4 Å². The summed E-state index contributed by atoms with van der Waals surface area (Å²) in [5.41, 5.74) is 2.69. The normalized spacial score (nSPS) is 12.7. The van der Waals surface area contributed by atoms with E-state index in [0.717, 1.165) is 12.8 Å². The van der Waals surface area contributed by atoms with Gasteiger partial charge in [0.25, 0.3) is 0 Å². The Labute approximate surface area is 98.7 Å². The summed E-state index contributed by atoms with van der Waals surface area (Å²) in [5.74, 6) is 0. The SMILES string of the molecule is CCCCc1ccc(C(Cl)CCC)cc1. The number of halogens is 1. The highest BCUT2D eigenvalue weighted by Crippen LogP contribution is 2.25. The number of aryl methyl sites for hydroxylation is 1. The summed E-state index contributed by atoms with van der Waals surface area (Å²) in [6.07, 6.45) is 5.94. The molecule has 1 unspecified atom stereocenters. The maximum atomic E-state index is 6.26. The van der Waals surface area contributed by atoms with Gasteiger partial charge in [-0.1, -0.05) is 51.0 Å². The average Bonchev–Trinajstić information content (AvgIpc) is 2.27. The fourth-order valence-corrected chi connectivity index (χ4v) is 2.06. The number of unbranched alkanes of at least 4 members (excludes halogenated alkanes) is 1. The Kier molecular flexibility index (Phi) is 5.78. The monoisotopic (exact) mass is 224 g/mol. The highest BCUT2D eigenvalue weighted by molar-refractivity contribution is 6.20. The van der Waals surface area contributed by atoms with E-state index in [4.69, 9.17) is 11.6 Å². The first-order valence-electron chi connectivity index (χ1n) is 6.00. The molecule has 1 aromatic rings. The summed E-state index contributed by atoms with van der Waals surface area (Å²) in [4.78, 5) is 0. The predicted molar refractivity (Wildman–Crippen MR) is 68.6 cm³/mol. The Morgan fingerprint density at radius 2 is 1.73 bits per heavy atom. The van der Waals surface area contributed by atoms with Gasteiger partial charge in [0, 0.05) is 0 Å². The van der Waals surface area contributed by atoms with E-state index in [1.807, 2.05) is 0 Å². The molecule has 1 atom stereocenters. The van der Waals surface area contributed by atoms with E-state index in [9.17, 15) is 0 Å². The highest BCUT2D eigenvalue weighted by Gasteiger charge is 2.05. The van der Waals surface area contributed by atoms with Gasteiger partial charge in [0.2, 0.25) is 0 Å². The Bertz CT molecular complexity index is 263. The van der Waals surface area contributed by atoms with Gasteiger partial charge in [0.1, 0.15) is 0 Å². The summed E-state index contributed by atoms with van der Waals surface area (Å²) in [6, 6.07) is 8.79. The van der Waals surface area contributed by atoms with E-state index < -0.39 is 0 Å². The van der Waals surface area contributed by atoms with Crippen LogP contribution in [0.2, 0.25) is 0 Å². The van der Waals surface area contributed by atoms with Crippen molar-refractivity contribution in [3.05, 3.63) is 35.4 Å². The van der Waals surface area contributed by atoms with Crippen LogP contribution in [0.15, 0.2) is 24.3 Å². The third kappa shape index (κ3) is 4.25. The molecular weight excluding hydrogens is 204 g/mol. The lowest BCUT2D eigenvalue weighted by Gasteiger charge is -2.09. The van der Waals surface area contributed by atoms with Crippen LogP contribution >= 0.6 is 11.6 Å². The van der Waals surface area contributed by atoms with Crippen LogP contribution in [-0.4, -0.2) is 0 Å². The number of hydrogen-bond acceptors (Lipinski definition) is 0. The zero-order chi connectivity index (χ0) is 11.1. The number of alkyl halides is 1. The van der Waals surface area contributed by atoms with E-state index >= 15 is 0 Å². The zero-order valence-corrected chi connectivity index (χ0v) is 10.6. The van der Waals surface area contributed by atoms with Crippen LogP contribution in [0.25, 0.3) is 0 Å². The van der Waals surface area contributed by atoms with Gasteiger partial charge in [0.05, 0.1) is 5.38 Å². The van der Waals surface area contributed by atoms with Gasteiger partial charge in [-0.05, 0) is 30.4 Å². The van der Waals surface area contributed by atoms with Crippen molar-refractivity contribution in [2.45, 2.75) is 51.3 Å². The van der Waals surface area contributed by atoms with Crippen LogP contribution in [0, 0.1) is 0 Å². The molecule has 84 valence electrons. The molecule has 0 radical (unpaired) electrons. The molecule has 0 nitrogen and oxygen atoms in total. The summed E-state index contributed by atoms with van der Waals surface area (Å²) < 4.78 is 0. The lowest BCUT2D eigenvalue weighted by Crippen LogP contribution is -1.91. The van der Waals surface area contributed by atoms with Gasteiger partial charge in [-0.2, -0.15) is 0 Å². The van der Waals surface area contributed by atoms with Crippen LogP contribution < -0.4 is 0 Å². The Morgan fingerprint density at radius 3 is 2.27 bits per heavy atom. The van der Waals surface area contributed by atoms with Gasteiger partial charge in [-0.3, -0.25) is 0 Å². The maximum Gasteiger partial charge on any atom is 0.0585 e. The van der Waals surface area contributed by atoms with E-state index in [0.29, 0.717) is 0 Å². The first-order valence-corrected chi connectivity index (χ1v) is 6.44. The maximum absolute atomic E-state index is 6.26. The molecule has 0 N–H and O–H groups in total. The molecule has 0 bridgehead atoms. The van der Waals surface area contributed by atoms with Crippen molar-refractivity contribution in [2.75, 3.05) is 0 Å². The predicted octanol–water partition coefficient (Wildman–Crippen LogP) is 5.11. The van der Waals surface area contributed by atoms with Crippen LogP contribution in [0.1, 0.15) is 56.0 Å². The average molecular weight is 225 g/mol. The molecule has 0 spiro atoms. The second-order valence-electron chi connectivity index (χ2n) is 4.10. The fourth-order valence-electron chi connectivity index (χ4n) is 1.69.